The molecule has 0 bridgehead atoms. The monoisotopic (exact) mass is 314 g/mol. The fourth-order valence-corrected chi connectivity index (χ4v) is 1.69. The predicted molar refractivity (Wildman–Crippen MR) is 57.9 cm³/mol. The molecule has 0 amide bonds. The lowest BCUT2D eigenvalue weighted by molar-refractivity contribution is -0.139. The van der Waals surface area contributed by atoms with Crippen LogP contribution in [0.5, 0.6) is 5.75 Å². The summed E-state index contributed by atoms with van der Waals surface area (Å²) in [5.41, 5.74) is -1.63. The Hall–Kier alpha value is -0.790. The van der Waals surface area contributed by atoms with E-state index >= 15 is 0 Å². The van der Waals surface area contributed by atoms with Crippen LogP contribution in [0.4, 0.5) is 13.2 Å². The third-order valence-corrected chi connectivity index (χ3v) is 2.85. The van der Waals surface area contributed by atoms with Crippen LogP contribution in [-0.4, -0.2) is 26.8 Å². The summed E-state index contributed by atoms with van der Waals surface area (Å²) in [4.78, 5) is 0. The molecule has 2 atom stereocenters. The standard InChI is InChI=1S/C10H10BrF3O3/c11-4-8(16)9(17)6-2-1-5(15)3-7(6)10(12,13)14/h1-3,8-9,15-17H,4H2. The first-order valence-electron chi connectivity index (χ1n) is 4.59. The number of hydrogen-bond donors (Lipinski definition) is 3. The van der Waals surface area contributed by atoms with E-state index in [0.717, 1.165) is 12.1 Å². The highest BCUT2D eigenvalue weighted by Gasteiger charge is 2.36. The molecule has 1 aromatic rings. The van der Waals surface area contributed by atoms with Gasteiger partial charge in [0, 0.05) is 5.33 Å². The van der Waals surface area contributed by atoms with Crippen molar-refractivity contribution in [3.05, 3.63) is 29.3 Å². The molecule has 0 aliphatic carbocycles. The number of benzene rings is 1. The Bertz CT molecular complexity index is 395. The number of aromatic hydroxyl groups is 1. The highest BCUT2D eigenvalue weighted by Crippen LogP contribution is 2.37. The lowest BCUT2D eigenvalue weighted by atomic mass is 9.98. The summed E-state index contributed by atoms with van der Waals surface area (Å²) in [5.74, 6) is -0.554. The molecule has 0 saturated carbocycles. The Morgan fingerprint density at radius 2 is 1.82 bits per heavy atom. The van der Waals surface area contributed by atoms with Gasteiger partial charge in [-0.05, 0) is 17.7 Å². The summed E-state index contributed by atoms with van der Waals surface area (Å²) >= 11 is 2.86. The molecule has 0 spiro atoms. The quantitative estimate of drug-likeness (QED) is 0.750. The molecule has 2 unspecified atom stereocenters. The van der Waals surface area contributed by atoms with Gasteiger partial charge in [-0.2, -0.15) is 13.2 Å². The van der Waals surface area contributed by atoms with E-state index in [1.807, 2.05) is 0 Å². The van der Waals surface area contributed by atoms with E-state index in [0.29, 0.717) is 6.07 Å². The summed E-state index contributed by atoms with van der Waals surface area (Å²) < 4.78 is 37.9. The van der Waals surface area contributed by atoms with Crippen LogP contribution in [0.3, 0.4) is 0 Å². The van der Waals surface area contributed by atoms with Crippen molar-refractivity contribution >= 4 is 15.9 Å². The van der Waals surface area contributed by atoms with E-state index in [-0.39, 0.29) is 5.33 Å². The molecular weight excluding hydrogens is 305 g/mol. The van der Waals surface area contributed by atoms with Gasteiger partial charge in [0.1, 0.15) is 11.9 Å². The van der Waals surface area contributed by atoms with Crippen LogP contribution in [0.25, 0.3) is 0 Å². The molecule has 0 aliphatic heterocycles. The normalized spacial score (nSPS) is 15.6. The topological polar surface area (TPSA) is 60.7 Å². The van der Waals surface area contributed by atoms with Gasteiger partial charge in [-0.3, -0.25) is 0 Å². The molecule has 1 aromatic carbocycles. The van der Waals surface area contributed by atoms with Gasteiger partial charge >= 0.3 is 6.18 Å². The summed E-state index contributed by atoms with van der Waals surface area (Å²) in [6.07, 6.45) is -7.74. The molecule has 96 valence electrons. The first-order chi connectivity index (χ1) is 7.77. The van der Waals surface area contributed by atoms with Crippen molar-refractivity contribution in [2.24, 2.45) is 0 Å². The summed E-state index contributed by atoms with van der Waals surface area (Å²) in [5, 5.41) is 27.8. The van der Waals surface area contributed by atoms with Crippen LogP contribution >= 0.6 is 15.9 Å². The molecule has 0 fully saturated rings. The van der Waals surface area contributed by atoms with Gasteiger partial charge in [-0.1, -0.05) is 22.0 Å². The fraction of sp³-hybridized carbons (Fsp3) is 0.400. The van der Waals surface area contributed by atoms with Crippen LogP contribution in [0.1, 0.15) is 17.2 Å². The van der Waals surface area contributed by atoms with Gasteiger partial charge in [-0.15, -0.1) is 0 Å². The minimum Gasteiger partial charge on any atom is -0.508 e. The largest absolute Gasteiger partial charge is 0.508 e. The van der Waals surface area contributed by atoms with E-state index in [1.54, 1.807) is 0 Å². The number of aliphatic hydroxyl groups is 2. The zero-order valence-electron chi connectivity index (χ0n) is 8.45. The van der Waals surface area contributed by atoms with Gasteiger partial charge in [0.2, 0.25) is 0 Å². The van der Waals surface area contributed by atoms with Crippen molar-refractivity contribution in [3.63, 3.8) is 0 Å². The number of aliphatic hydroxyl groups excluding tert-OH is 2. The minimum absolute atomic E-state index is 0.0632. The molecule has 17 heavy (non-hydrogen) atoms. The molecule has 0 radical (unpaired) electrons. The van der Waals surface area contributed by atoms with Crippen LogP contribution in [0, 0.1) is 0 Å². The van der Waals surface area contributed by atoms with Gasteiger partial charge in [0.15, 0.2) is 0 Å². The number of phenols is 1. The third kappa shape index (κ3) is 3.34. The van der Waals surface area contributed by atoms with Gasteiger partial charge in [0.05, 0.1) is 11.7 Å². The van der Waals surface area contributed by atoms with Crippen molar-refractivity contribution in [3.8, 4) is 5.75 Å². The number of rotatable bonds is 3. The number of hydrogen-bond acceptors (Lipinski definition) is 3. The Morgan fingerprint density at radius 1 is 1.24 bits per heavy atom. The predicted octanol–water partition coefficient (Wildman–Crippen LogP) is 2.20. The molecule has 3 nitrogen and oxygen atoms in total. The maximum atomic E-state index is 12.6. The van der Waals surface area contributed by atoms with Crippen molar-refractivity contribution in [1.82, 2.24) is 0 Å². The Labute approximate surface area is 104 Å². The van der Waals surface area contributed by atoms with E-state index in [2.05, 4.69) is 15.9 Å². The number of phenolic OH excluding ortho intramolecular Hbond substituents is 1. The van der Waals surface area contributed by atoms with Crippen molar-refractivity contribution in [1.29, 1.82) is 0 Å². The second-order valence-electron chi connectivity index (χ2n) is 3.44. The third-order valence-electron chi connectivity index (χ3n) is 2.18. The molecule has 1 rings (SSSR count). The fourth-order valence-electron chi connectivity index (χ4n) is 1.34. The second-order valence-corrected chi connectivity index (χ2v) is 4.08. The van der Waals surface area contributed by atoms with E-state index in [1.165, 1.54) is 0 Å². The SMILES string of the molecule is Oc1ccc(C(O)C(O)CBr)c(C(F)(F)F)c1. The lowest BCUT2D eigenvalue weighted by Crippen LogP contribution is -2.22. The Morgan fingerprint density at radius 3 is 2.29 bits per heavy atom. The first kappa shape index (κ1) is 14.3. The molecule has 0 aromatic heterocycles. The lowest BCUT2D eigenvalue weighted by Gasteiger charge is -2.20. The zero-order chi connectivity index (χ0) is 13.2. The van der Waals surface area contributed by atoms with Crippen molar-refractivity contribution < 1.29 is 28.5 Å². The van der Waals surface area contributed by atoms with E-state index in [4.69, 9.17) is 5.11 Å². The maximum Gasteiger partial charge on any atom is 0.416 e. The van der Waals surface area contributed by atoms with E-state index in [9.17, 15) is 23.4 Å². The van der Waals surface area contributed by atoms with Crippen LogP contribution in [0.15, 0.2) is 18.2 Å². The highest BCUT2D eigenvalue weighted by atomic mass is 79.9. The summed E-state index contributed by atoms with van der Waals surface area (Å²) in [6.45, 7) is 0. The molecule has 0 heterocycles. The number of halogens is 4. The van der Waals surface area contributed by atoms with Crippen LogP contribution in [0.2, 0.25) is 0 Å². The van der Waals surface area contributed by atoms with Crippen molar-refractivity contribution in [2.75, 3.05) is 5.33 Å². The Balaban J connectivity index is 3.24. The van der Waals surface area contributed by atoms with E-state index < -0.39 is 35.3 Å². The van der Waals surface area contributed by atoms with Crippen LogP contribution in [-0.2, 0) is 6.18 Å². The van der Waals surface area contributed by atoms with Gasteiger partial charge < -0.3 is 15.3 Å². The van der Waals surface area contributed by atoms with Crippen molar-refractivity contribution in [2.45, 2.75) is 18.4 Å². The summed E-state index contributed by atoms with van der Waals surface area (Å²) in [7, 11) is 0. The zero-order valence-corrected chi connectivity index (χ0v) is 10.0. The summed E-state index contributed by atoms with van der Waals surface area (Å²) in [6, 6.07) is 2.48. The molecular formula is C10H10BrF3O3. The van der Waals surface area contributed by atoms with Gasteiger partial charge in [-0.25, -0.2) is 0 Å². The average molecular weight is 315 g/mol. The highest BCUT2D eigenvalue weighted by molar-refractivity contribution is 9.09. The maximum absolute atomic E-state index is 12.6. The molecule has 0 aliphatic rings. The average Bonchev–Trinajstić information content (AvgIpc) is 2.25. The Kier molecular flexibility index (Phi) is 4.40. The molecule has 0 saturated heterocycles. The smallest absolute Gasteiger partial charge is 0.416 e. The molecule has 7 heteroatoms. The molecule has 3 N–H and O–H groups in total. The second kappa shape index (κ2) is 5.24. The first-order valence-corrected chi connectivity index (χ1v) is 5.71. The van der Waals surface area contributed by atoms with Gasteiger partial charge in [0.25, 0.3) is 0 Å². The van der Waals surface area contributed by atoms with Crippen LogP contribution < -0.4 is 0 Å². The number of alkyl halides is 4. The minimum atomic E-state index is -4.71.